The van der Waals surface area contributed by atoms with Crippen molar-refractivity contribution in [2.24, 2.45) is 0 Å². The number of hydrogen-bond donors (Lipinski definition) is 1. The van der Waals surface area contributed by atoms with Gasteiger partial charge in [-0.15, -0.1) is 0 Å². The zero-order valence-corrected chi connectivity index (χ0v) is 11.7. The number of aromatic carboxylic acids is 1. The van der Waals surface area contributed by atoms with Gasteiger partial charge in [0.2, 0.25) is 0 Å². The van der Waals surface area contributed by atoms with E-state index in [1.807, 2.05) is 13.0 Å². The van der Waals surface area contributed by atoms with Gasteiger partial charge in [-0.25, -0.2) is 13.2 Å². The van der Waals surface area contributed by atoms with E-state index >= 15 is 0 Å². The number of benzene rings is 2. The first-order valence-electron chi connectivity index (χ1n) is 6.00. The van der Waals surface area contributed by atoms with Gasteiger partial charge >= 0.3 is 5.97 Å². The lowest BCUT2D eigenvalue weighted by Crippen LogP contribution is -2.06. The quantitative estimate of drug-likeness (QED) is 0.939. The highest BCUT2D eigenvalue weighted by molar-refractivity contribution is 7.90. The summed E-state index contributed by atoms with van der Waals surface area (Å²) in [4.78, 5) is 11.1. The molecule has 5 heteroatoms. The molecule has 0 saturated heterocycles. The third kappa shape index (κ3) is 3.24. The Morgan fingerprint density at radius 3 is 2.45 bits per heavy atom. The molecule has 0 amide bonds. The van der Waals surface area contributed by atoms with Crippen LogP contribution in [0.4, 0.5) is 0 Å². The Hall–Kier alpha value is -2.14. The number of carboxylic acid groups (broad SMARTS) is 1. The summed E-state index contributed by atoms with van der Waals surface area (Å²) in [6.07, 6.45) is 0. The minimum absolute atomic E-state index is 0.0851. The van der Waals surface area contributed by atoms with Crippen LogP contribution in [0.5, 0.6) is 0 Å². The van der Waals surface area contributed by atoms with E-state index in [1.54, 1.807) is 30.3 Å². The average Bonchev–Trinajstić information content (AvgIpc) is 2.38. The maximum Gasteiger partial charge on any atom is 0.335 e. The van der Waals surface area contributed by atoms with Gasteiger partial charge in [0.1, 0.15) is 0 Å². The Morgan fingerprint density at radius 1 is 1.10 bits per heavy atom. The number of aryl methyl sites for hydroxylation is 1. The van der Waals surface area contributed by atoms with Crippen LogP contribution in [-0.2, 0) is 15.6 Å². The molecule has 0 bridgehead atoms. The van der Waals surface area contributed by atoms with E-state index in [4.69, 9.17) is 5.11 Å². The minimum Gasteiger partial charge on any atom is -0.478 e. The van der Waals surface area contributed by atoms with Crippen LogP contribution in [0.2, 0.25) is 0 Å². The van der Waals surface area contributed by atoms with E-state index in [0.29, 0.717) is 5.56 Å². The van der Waals surface area contributed by atoms with Crippen LogP contribution >= 0.6 is 0 Å². The highest BCUT2D eigenvalue weighted by Gasteiger charge is 2.16. The normalized spacial score (nSPS) is 11.2. The first kappa shape index (κ1) is 14.3. The summed E-state index contributed by atoms with van der Waals surface area (Å²) in [6, 6.07) is 12.6. The van der Waals surface area contributed by atoms with Gasteiger partial charge in [0.15, 0.2) is 9.84 Å². The summed E-state index contributed by atoms with van der Waals surface area (Å²) in [5.41, 5.74) is 1.42. The second-order valence-electron chi connectivity index (χ2n) is 4.58. The van der Waals surface area contributed by atoms with Gasteiger partial charge in [-0.2, -0.15) is 0 Å². The molecule has 4 nitrogen and oxygen atoms in total. The molecular weight excluding hydrogens is 276 g/mol. The largest absolute Gasteiger partial charge is 0.478 e. The van der Waals surface area contributed by atoms with Crippen molar-refractivity contribution in [3.8, 4) is 0 Å². The Morgan fingerprint density at radius 2 is 1.80 bits per heavy atom. The molecular formula is C15H14O4S. The van der Waals surface area contributed by atoms with Gasteiger partial charge in [0.25, 0.3) is 0 Å². The van der Waals surface area contributed by atoms with E-state index in [9.17, 15) is 13.2 Å². The zero-order chi connectivity index (χ0) is 14.8. The summed E-state index contributed by atoms with van der Waals surface area (Å²) < 4.78 is 24.6. The number of sulfone groups is 1. The standard InChI is InChI=1S/C15H14O4S/c1-11-4-2-7-14(8-11)20(18,19)10-12-5-3-6-13(9-12)15(16)17/h2-9H,10H2,1H3,(H,16,17). The molecule has 0 radical (unpaired) electrons. The Kier molecular flexibility index (Phi) is 3.90. The van der Waals surface area contributed by atoms with Crippen molar-refractivity contribution >= 4 is 15.8 Å². The molecule has 0 saturated carbocycles. The predicted octanol–water partition coefficient (Wildman–Crippen LogP) is 2.67. The van der Waals surface area contributed by atoms with Gasteiger partial charge in [0, 0.05) is 0 Å². The summed E-state index contributed by atoms with van der Waals surface area (Å²) in [5.74, 6) is -1.28. The van der Waals surface area contributed by atoms with Crippen LogP contribution in [0, 0.1) is 6.92 Å². The summed E-state index contributed by atoms with van der Waals surface area (Å²) >= 11 is 0. The summed E-state index contributed by atoms with van der Waals surface area (Å²) in [6.45, 7) is 1.82. The van der Waals surface area contributed by atoms with Crippen molar-refractivity contribution in [2.75, 3.05) is 0 Å². The van der Waals surface area contributed by atoms with Crippen molar-refractivity contribution < 1.29 is 18.3 Å². The predicted molar refractivity (Wildman–Crippen MR) is 75.5 cm³/mol. The summed E-state index contributed by atoms with van der Waals surface area (Å²) in [5, 5.41) is 8.91. The molecule has 104 valence electrons. The minimum atomic E-state index is -3.47. The molecule has 0 aliphatic carbocycles. The third-order valence-electron chi connectivity index (χ3n) is 2.88. The molecule has 1 N–H and O–H groups in total. The van der Waals surface area contributed by atoms with Crippen LogP contribution < -0.4 is 0 Å². The summed E-state index contributed by atoms with van der Waals surface area (Å²) in [7, 11) is -3.47. The van der Waals surface area contributed by atoms with Gasteiger partial charge in [-0.1, -0.05) is 24.3 Å². The van der Waals surface area contributed by atoms with Gasteiger partial charge in [-0.3, -0.25) is 0 Å². The molecule has 2 aromatic rings. The van der Waals surface area contributed by atoms with E-state index in [1.165, 1.54) is 12.1 Å². The first-order chi connectivity index (χ1) is 9.38. The zero-order valence-electron chi connectivity index (χ0n) is 10.9. The molecule has 0 aromatic heterocycles. The van der Waals surface area contributed by atoms with Crippen LogP contribution in [0.25, 0.3) is 0 Å². The van der Waals surface area contributed by atoms with Crippen molar-refractivity contribution in [2.45, 2.75) is 17.6 Å². The maximum absolute atomic E-state index is 12.3. The fourth-order valence-corrected chi connectivity index (χ4v) is 3.34. The highest BCUT2D eigenvalue weighted by atomic mass is 32.2. The fourth-order valence-electron chi connectivity index (χ4n) is 1.91. The third-order valence-corrected chi connectivity index (χ3v) is 4.56. The Bertz CT molecular complexity index is 748. The van der Waals surface area contributed by atoms with Crippen molar-refractivity contribution in [1.82, 2.24) is 0 Å². The van der Waals surface area contributed by atoms with Crippen molar-refractivity contribution in [3.05, 3.63) is 65.2 Å². The highest BCUT2D eigenvalue weighted by Crippen LogP contribution is 2.18. The smallest absolute Gasteiger partial charge is 0.335 e. The SMILES string of the molecule is Cc1cccc(S(=O)(=O)Cc2cccc(C(=O)O)c2)c1. The van der Waals surface area contributed by atoms with Crippen LogP contribution in [0.1, 0.15) is 21.5 Å². The molecule has 0 atom stereocenters. The lowest BCUT2D eigenvalue weighted by atomic mass is 10.1. The average molecular weight is 290 g/mol. The van der Waals surface area contributed by atoms with Crippen LogP contribution in [0.3, 0.4) is 0 Å². The van der Waals surface area contributed by atoms with E-state index in [0.717, 1.165) is 5.56 Å². The molecule has 0 aliphatic heterocycles. The van der Waals surface area contributed by atoms with Crippen molar-refractivity contribution in [3.63, 3.8) is 0 Å². The number of carbonyl (C=O) groups is 1. The molecule has 2 aromatic carbocycles. The lowest BCUT2D eigenvalue weighted by molar-refractivity contribution is 0.0696. The maximum atomic E-state index is 12.3. The fraction of sp³-hybridized carbons (Fsp3) is 0.133. The van der Waals surface area contributed by atoms with E-state index in [2.05, 4.69) is 0 Å². The topological polar surface area (TPSA) is 71.4 Å². The van der Waals surface area contributed by atoms with Gasteiger partial charge in [-0.05, 0) is 42.3 Å². The second kappa shape index (κ2) is 5.46. The van der Waals surface area contributed by atoms with Gasteiger partial charge < -0.3 is 5.11 Å². The molecule has 0 aliphatic rings. The van der Waals surface area contributed by atoms with E-state index in [-0.39, 0.29) is 16.2 Å². The second-order valence-corrected chi connectivity index (χ2v) is 6.57. The Labute approximate surface area is 117 Å². The number of carboxylic acids is 1. The molecule has 0 unspecified atom stereocenters. The Balaban J connectivity index is 2.33. The monoisotopic (exact) mass is 290 g/mol. The van der Waals surface area contributed by atoms with Crippen molar-refractivity contribution in [1.29, 1.82) is 0 Å². The van der Waals surface area contributed by atoms with Crippen LogP contribution in [0.15, 0.2) is 53.4 Å². The number of rotatable bonds is 4. The van der Waals surface area contributed by atoms with E-state index < -0.39 is 15.8 Å². The van der Waals surface area contributed by atoms with Gasteiger partial charge in [0.05, 0.1) is 16.2 Å². The number of hydrogen-bond acceptors (Lipinski definition) is 3. The molecule has 2 rings (SSSR count). The lowest BCUT2D eigenvalue weighted by Gasteiger charge is -2.06. The van der Waals surface area contributed by atoms with Crippen LogP contribution in [-0.4, -0.2) is 19.5 Å². The molecule has 0 fully saturated rings. The molecule has 20 heavy (non-hydrogen) atoms. The molecule has 0 spiro atoms. The molecule has 0 heterocycles. The first-order valence-corrected chi connectivity index (χ1v) is 7.65.